The molecule has 210 valence electrons. The molecule has 1 aromatic heterocycles. The number of carbonyl (C=O) groups excluding carboxylic acids is 1. The molecule has 40 heavy (non-hydrogen) atoms. The van der Waals surface area contributed by atoms with E-state index in [9.17, 15) is 9.90 Å². The number of ether oxygens (including phenoxy) is 1. The van der Waals surface area contributed by atoms with Crippen LogP contribution in [0.15, 0.2) is 66.9 Å². The first-order valence-corrected chi connectivity index (χ1v) is 14.3. The monoisotopic (exact) mass is 560 g/mol. The minimum Gasteiger partial charge on any atom is -0.487 e. The molecule has 3 heterocycles. The number of rotatable bonds is 7. The predicted molar refractivity (Wildman–Crippen MR) is 160 cm³/mol. The molecule has 8 heteroatoms. The molecule has 2 N–H and O–H groups in total. The van der Waals surface area contributed by atoms with Gasteiger partial charge in [-0.05, 0) is 87.2 Å². The fourth-order valence-electron chi connectivity index (χ4n) is 5.51. The first-order valence-electron chi connectivity index (χ1n) is 13.9. The van der Waals surface area contributed by atoms with E-state index in [4.69, 9.17) is 16.3 Å². The first-order chi connectivity index (χ1) is 19.2. The number of likely N-dealkylation sites (tertiary alicyclic amines) is 1. The Morgan fingerprint density at radius 1 is 1.23 bits per heavy atom. The van der Waals surface area contributed by atoms with Gasteiger partial charge in [-0.3, -0.25) is 4.98 Å². The summed E-state index contributed by atoms with van der Waals surface area (Å²) in [6, 6.07) is 17.2. The van der Waals surface area contributed by atoms with Crippen LogP contribution in [0.5, 0.6) is 5.75 Å². The van der Waals surface area contributed by atoms with Crippen LogP contribution in [0, 0.1) is 0 Å². The van der Waals surface area contributed by atoms with Crippen LogP contribution in [0.2, 0.25) is 5.02 Å². The van der Waals surface area contributed by atoms with Crippen LogP contribution < -0.4 is 10.1 Å². The third-order valence-corrected chi connectivity index (χ3v) is 7.95. The number of halogens is 1. The molecular weight excluding hydrogens is 524 g/mol. The zero-order valence-corrected chi connectivity index (χ0v) is 24.1. The van der Waals surface area contributed by atoms with Crippen LogP contribution in [0.1, 0.15) is 56.0 Å². The SMILES string of the molecule is CCN(C(=O)Nc1ccc(Cl)cc1)C1CCN(CCC=C2c3cc(C(C)(C)O)ccc3OCc3ncccc32)C1. The Morgan fingerprint density at radius 3 is 2.77 bits per heavy atom. The van der Waals surface area contributed by atoms with Gasteiger partial charge in [-0.1, -0.05) is 29.8 Å². The molecule has 0 saturated carbocycles. The van der Waals surface area contributed by atoms with Gasteiger partial charge in [-0.25, -0.2) is 4.79 Å². The number of nitrogens with one attached hydrogen (secondary N) is 1. The molecule has 1 fully saturated rings. The maximum absolute atomic E-state index is 13.0. The molecule has 2 aliphatic heterocycles. The Morgan fingerprint density at radius 2 is 2.02 bits per heavy atom. The number of hydrogen-bond acceptors (Lipinski definition) is 5. The molecule has 0 spiro atoms. The predicted octanol–water partition coefficient (Wildman–Crippen LogP) is 6.30. The molecule has 1 saturated heterocycles. The summed E-state index contributed by atoms with van der Waals surface area (Å²) >= 11 is 5.98. The highest BCUT2D eigenvalue weighted by Crippen LogP contribution is 2.38. The van der Waals surface area contributed by atoms with E-state index >= 15 is 0 Å². The van der Waals surface area contributed by atoms with E-state index in [2.05, 4.69) is 27.3 Å². The van der Waals surface area contributed by atoms with Gasteiger partial charge in [0.15, 0.2) is 0 Å². The molecule has 0 bridgehead atoms. The third kappa shape index (κ3) is 6.33. The van der Waals surface area contributed by atoms with Crippen molar-refractivity contribution in [3.8, 4) is 5.75 Å². The summed E-state index contributed by atoms with van der Waals surface area (Å²) in [6.07, 6.45) is 5.84. The lowest BCUT2D eigenvalue weighted by molar-refractivity contribution is 0.0785. The molecule has 2 aliphatic rings. The highest BCUT2D eigenvalue weighted by Gasteiger charge is 2.30. The number of hydrogen-bond donors (Lipinski definition) is 2. The zero-order valence-electron chi connectivity index (χ0n) is 23.4. The van der Waals surface area contributed by atoms with Gasteiger partial charge in [0.05, 0.1) is 11.3 Å². The number of aliphatic hydroxyl groups is 1. The summed E-state index contributed by atoms with van der Waals surface area (Å²) < 4.78 is 6.13. The minimum atomic E-state index is -0.959. The second kappa shape index (κ2) is 12.0. The normalized spacial score (nSPS) is 18.0. The molecule has 0 radical (unpaired) electrons. The quantitative estimate of drug-likeness (QED) is 0.354. The molecule has 7 nitrogen and oxygen atoms in total. The molecule has 3 aromatic rings. The van der Waals surface area contributed by atoms with E-state index in [1.807, 2.05) is 48.2 Å². The van der Waals surface area contributed by atoms with E-state index in [-0.39, 0.29) is 12.1 Å². The fourth-order valence-corrected chi connectivity index (χ4v) is 5.64. The van der Waals surface area contributed by atoms with Crippen molar-refractivity contribution in [1.82, 2.24) is 14.8 Å². The number of carbonyl (C=O) groups is 1. The summed E-state index contributed by atoms with van der Waals surface area (Å²) in [5.74, 6) is 0.795. The topological polar surface area (TPSA) is 77.9 Å². The second-order valence-electron chi connectivity index (χ2n) is 10.9. The molecule has 2 aromatic carbocycles. The van der Waals surface area contributed by atoms with Crippen LogP contribution in [-0.4, -0.2) is 58.1 Å². The molecule has 0 aliphatic carbocycles. The maximum atomic E-state index is 13.0. The lowest BCUT2D eigenvalue weighted by atomic mass is 9.90. The summed E-state index contributed by atoms with van der Waals surface area (Å²) in [6.45, 7) is 9.33. The summed E-state index contributed by atoms with van der Waals surface area (Å²) in [5, 5.41) is 14.3. The first kappa shape index (κ1) is 28.1. The van der Waals surface area contributed by atoms with Gasteiger partial charge in [-0.15, -0.1) is 0 Å². The van der Waals surface area contributed by atoms with Crippen LogP contribution >= 0.6 is 11.6 Å². The highest BCUT2D eigenvalue weighted by molar-refractivity contribution is 6.30. The lowest BCUT2D eigenvalue weighted by Gasteiger charge is -2.28. The number of nitrogens with zero attached hydrogens (tertiary/aromatic N) is 3. The molecule has 5 rings (SSSR count). The number of amides is 2. The van der Waals surface area contributed by atoms with E-state index in [1.165, 1.54) is 0 Å². The Balaban J connectivity index is 1.29. The van der Waals surface area contributed by atoms with Crippen LogP contribution in [0.3, 0.4) is 0 Å². The van der Waals surface area contributed by atoms with Gasteiger partial charge >= 0.3 is 6.03 Å². The number of pyridine rings is 1. The van der Waals surface area contributed by atoms with Gasteiger partial charge in [0, 0.05) is 60.3 Å². The number of fused-ring (bicyclic) bond motifs is 2. The van der Waals surface area contributed by atoms with Crippen molar-refractivity contribution in [2.24, 2.45) is 0 Å². The number of anilines is 1. The van der Waals surface area contributed by atoms with Gasteiger partial charge in [0.2, 0.25) is 0 Å². The second-order valence-corrected chi connectivity index (χ2v) is 11.4. The Kier molecular flexibility index (Phi) is 8.45. The van der Waals surface area contributed by atoms with Crippen LogP contribution in [0.25, 0.3) is 5.57 Å². The van der Waals surface area contributed by atoms with E-state index in [0.29, 0.717) is 18.2 Å². The van der Waals surface area contributed by atoms with Gasteiger partial charge < -0.3 is 25.0 Å². The van der Waals surface area contributed by atoms with E-state index < -0.39 is 5.60 Å². The van der Waals surface area contributed by atoms with Crippen LogP contribution in [-0.2, 0) is 12.2 Å². The van der Waals surface area contributed by atoms with Crippen molar-refractivity contribution < 1.29 is 14.6 Å². The molecular formula is C32H37ClN4O3. The van der Waals surface area contributed by atoms with Crippen molar-refractivity contribution in [2.45, 2.75) is 51.9 Å². The Bertz CT molecular complexity index is 1380. The lowest BCUT2D eigenvalue weighted by Crippen LogP contribution is -2.44. The summed E-state index contributed by atoms with van der Waals surface area (Å²) in [4.78, 5) is 22.0. The van der Waals surface area contributed by atoms with E-state index in [0.717, 1.165) is 71.9 Å². The van der Waals surface area contributed by atoms with Crippen molar-refractivity contribution in [3.63, 3.8) is 0 Å². The average Bonchev–Trinajstić information content (AvgIpc) is 3.33. The summed E-state index contributed by atoms with van der Waals surface area (Å²) in [5.41, 5.74) is 4.64. The van der Waals surface area contributed by atoms with Gasteiger partial charge in [0.1, 0.15) is 12.4 Å². The number of aromatic nitrogens is 1. The van der Waals surface area contributed by atoms with E-state index in [1.54, 1.807) is 32.2 Å². The standard InChI is InChI=1S/C32H37ClN4O3/c1-4-37(31(38)35-24-12-10-23(33)11-13-24)25-15-18-36(20-25)17-6-8-26-27-7-5-16-34-29(27)21-40-30-14-9-22(19-28(26)30)32(2,3)39/h5,7-14,16,19,25,39H,4,6,15,17-18,20-21H2,1-3H3,(H,35,38). The molecule has 1 atom stereocenters. The smallest absolute Gasteiger partial charge is 0.322 e. The number of urea groups is 1. The van der Waals surface area contributed by atoms with Crippen molar-refractivity contribution in [1.29, 1.82) is 0 Å². The molecule has 2 amide bonds. The average molecular weight is 561 g/mol. The number of likely N-dealkylation sites (N-methyl/N-ethyl adjacent to an activating group) is 1. The Hall–Kier alpha value is -3.39. The third-order valence-electron chi connectivity index (χ3n) is 7.70. The fraction of sp³-hybridized carbons (Fsp3) is 0.375. The van der Waals surface area contributed by atoms with Crippen molar-refractivity contribution in [3.05, 3.63) is 94.3 Å². The maximum Gasteiger partial charge on any atom is 0.322 e. The van der Waals surface area contributed by atoms with Crippen molar-refractivity contribution >= 4 is 28.9 Å². The largest absolute Gasteiger partial charge is 0.487 e. The molecule has 1 unspecified atom stereocenters. The Labute approximate surface area is 241 Å². The zero-order chi connectivity index (χ0) is 28.3. The summed E-state index contributed by atoms with van der Waals surface area (Å²) in [7, 11) is 0. The minimum absolute atomic E-state index is 0.0828. The van der Waals surface area contributed by atoms with Gasteiger partial charge in [0.25, 0.3) is 0 Å². The number of benzene rings is 2. The highest BCUT2D eigenvalue weighted by atomic mass is 35.5. The van der Waals surface area contributed by atoms with Crippen molar-refractivity contribution in [2.75, 3.05) is 31.5 Å². The van der Waals surface area contributed by atoms with Crippen LogP contribution in [0.4, 0.5) is 10.5 Å². The van der Waals surface area contributed by atoms with Gasteiger partial charge in [-0.2, -0.15) is 0 Å².